The summed E-state index contributed by atoms with van der Waals surface area (Å²) >= 11 is 4.84. The number of phenolic OH excluding ortho intramolecular Hbond substituents is 1. The molecule has 0 bridgehead atoms. The fraction of sp³-hybridized carbons (Fsp3) is 0.200. The van der Waals surface area contributed by atoms with Crippen molar-refractivity contribution in [1.82, 2.24) is 10.7 Å². The number of hydrogen-bond donors (Lipinski definition) is 3. The molecule has 0 saturated heterocycles. The first-order valence-corrected chi connectivity index (χ1v) is 4.96. The summed E-state index contributed by atoms with van der Waals surface area (Å²) in [6.45, 7) is 0. The van der Waals surface area contributed by atoms with Crippen LogP contribution in [0, 0.1) is 0 Å². The third-order valence-electron chi connectivity index (χ3n) is 1.83. The van der Waals surface area contributed by atoms with E-state index < -0.39 is 0 Å². The predicted octanol–water partition coefficient (Wildman–Crippen LogP) is 0.829. The second-order valence-electron chi connectivity index (χ2n) is 2.85. The van der Waals surface area contributed by atoms with Crippen molar-refractivity contribution >= 4 is 23.5 Å². The Morgan fingerprint density at radius 2 is 2.31 bits per heavy atom. The van der Waals surface area contributed by atoms with Crippen LogP contribution < -0.4 is 15.5 Å². The molecule has 0 spiro atoms. The molecule has 86 valence electrons. The normalized spacial score (nSPS) is 10.1. The Morgan fingerprint density at radius 1 is 1.56 bits per heavy atom. The predicted molar refractivity (Wildman–Crippen MR) is 67.0 cm³/mol. The third-order valence-corrected chi connectivity index (χ3v) is 2.12. The highest BCUT2D eigenvalue weighted by Gasteiger charge is 2.05. The molecule has 6 heteroatoms. The summed E-state index contributed by atoms with van der Waals surface area (Å²) in [7, 11) is 3.18. The number of aromatic hydroxyl groups is 1. The Kier molecular flexibility index (Phi) is 4.53. The molecule has 0 heterocycles. The molecular formula is C10H13N3O2S. The number of benzene rings is 1. The summed E-state index contributed by atoms with van der Waals surface area (Å²) in [5.74, 6) is 0.450. The van der Waals surface area contributed by atoms with E-state index in [-0.39, 0.29) is 5.75 Å². The number of para-hydroxylation sites is 1. The van der Waals surface area contributed by atoms with Crippen LogP contribution in [-0.2, 0) is 0 Å². The second kappa shape index (κ2) is 5.92. The molecule has 0 amide bonds. The van der Waals surface area contributed by atoms with Gasteiger partial charge in [0.15, 0.2) is 16.6 Å². The van der Waals surface area contributed by atoms with Gasteiger partial charge in [0.05, 0.1) is 13.3 Å². The molecule has 0 aliphatic heterocycles. The van der Waals surface area contributed by atoms with Gasteiger partial charge in [-0.1, -0.05) is 6.07 Å². The van der Waals surface area contributed by atoms with Crippen LogP contribution >= 0.6 is 12.2 Å². The molecule has 0 saturated carbocycles. The molecule has 0 radical (unpaired) electrons. The Balaban J connectivity index is 2.80. The second-order valence-corrected chi connectivity index (χ2v) is 3.26. The lowest BCUT2D eigenvalue weighted by Crippen LogP contribution is -2.28. The monoisotopic (exact) mass is 239 g/mol. The first-order chi connectivity index (χ1) is 7.69. The first-order valence-electron chi connectivity index (χ1n) is 4.55. The standard InChI is InChI=1S/C10H13N3O2S/c1-11-10(16)13-12-6-7-4-3-5-8(14)9(7)15-2/h3-6,14H,1-2H3,(H2,11,13,16)/b12-6+. The minimum Gasteiger partial charge on any atom is -0.504 e. The van der Waals surface area contributed by atoms with Gasteiger partial charge < -0.3 is 15.2 Å². The number of rotatable bonds is 3. The van der Waals surface area contributed by atoms with Gasteiger partial charge in [-0.15, -0.1) is 0 Å². The van der Waals surface area contributed by atoms with E-state index in [2.05, 4.69) is 15.8 Å². The van der Waals surface area contributed by atoms with E-state index in [1.54, 1.807) is 25.2 Å². The molecule has 0 fully saturated rings. The van der Waals surface area contributed by atoms with E-state index in [0.29, 0.717) is 16.4 Å². The molecule has 0 unspecified atom stereocenters. The number of ether oxygens (including phenoxy) is 1. The zero-order valence-corrected chi connectivity index (χ0v) is 9.84. The van der Waals surface area contributed by atoms with Gasteiger partial charge >= 0.3 is 0 Å². The van der Waals surface area contributed by atoms with E-state index in [9.17, 15) is 5.11 Å². The number of thiocarbonyl (C=S) groups is 1. The maximum atomic E-state index is 9.50. The van der Waals surface area contributed by atoms with Crippen LogP contribution in [0.25, 0.3) is 0 Å². The van der Waals surface area contributed by atoms with Crippen molar-refractivity contribution in [3.8, 4) is 11.5 Å². The van der Waals surface area contributed by atoms with E-state index in [1.165, 1.54) is 13.3 Å². The fourth-order valence-corrected chi connectivity index (χ4v) is 1.14. The Bertz CT molecular complexity index is 407. The van der Waals surface area contributed by atoms with Gasteiger partial charge in [-0.2, -0.15) is 5.10 Å². The SMILES string of the molecule is CNC(=S)N/N=C/c1cccc(O)c1OC. The number of nitrogens with one attached hydrogen (secondary N) is 2. The fourth-order valence-electron chi connectivity index (χ4n) is 1.08. The summed E-state index contributed by atoms with van der Waals surface area (Å²) in [5.41, 5.74) is 3.27. The highest BCUT2D eigenvalue weighted by Crippen LogP contribution is 2.27. The number of nitrogens with zero attached hydrogens (tertiary/aromatic N) is 1. The average molecular weight is 239 g/mol. The molecule has 5 nitrogen and oxygen atoms in total. The van der Waals surface area contributed by atoms with E-state index in [1.807, 2.05) is 0 Å². The van der Waals surface area contributed by atoms with Crippen molar-refractivity contribution in [1.29, 1.82) is 0 Å². The Hall–Kier alpha value is -1.82. The molecule has 1 aromatic rings. The molecule has 0 atom stereocenters. The number of phenols is 1. The molecule has 3 N–H and O–H groups in total. The molecule has 0 aliphatic carbocycles. The Labute approximate surface area is 99.1 Å². The maximum Gasteiger partial charge on any atom is 0.186 e. The van der Waals surface area contributed by atoms with E-state index in [4.69, 9.17) is 17.0 Å². The quantitative estimate of drug-likeness (QED) is 0.414. The van der Waals surface area contributed by atoms with Crippen molar-refractivity contribution in [2.45, 2.75) is 0 Å². The average Bonchev–Trinajstić information content (AvgIpc) is 2.29. The van der Waals surface area contributed by atoms with Crippen LogP contribution in [0.1, 0.15) is 5.56 Å². The first kappa shape index (κ1) is 12.3. The van der Waals surface area contributed by atoms with Crippen molar-refractivity contribution < 1.29 is 9.84 Å². The lowest BCUT2D eigenvalue weighted by molar-refractivity contribution is 0.373. The largest absolute Gasteiger partial charge is 0.504 e. The van der Waals surface area contributed by atoms with Gasteiger partial charge in [-0.05, 0) is 24.4 Å². The molecule has 1 aromatic carbocycles. The third kappa shape index (κ3) is 3.09. The summed E-state index contributed by atoms with van der Waals surface area (Å²) in [6, 6.07) is 5.02. The number of hydrogen-bond acceptors (Lipinski definition) is 4. The van der Waals surface area contributed by atoms with Gasteiger partial charge in [0.1, 0.15) is 0 Å². The van der Waals surface area contributed by atoms with Crippen molar-refractivity contribution in [2.24, 2.45) is 5.10 Å². The van der Waals surface area contributed by atoms with Crippen molar-refractivity contribution in [3.05, 3.63) is 23.8 Å². The van der Waals surface area contributed by atoms with Crippen LogP contribution in [0.2, 0.25) is 0 Å². The maximum absolute atomic E-state index is 9.50. The zero-order chi connectivity index (χ0) is 12.0. The summed E-state index contributed by atoms with van der Waals surface area (Å²) in [4.78, 5) is 0. The van der Waals surface area contributed by atoms with Crippen LogP contribution in [-0.4, -0.2) is 30.6 Å². The molecule has 16 heavy (non-hydrogen) atoms. The zero-order valence-electron chi connectivity index (χ0n) is 9.02. The summed E-state index contributed by atoms with van der Waals surface area (Å²) in [5, 5.41) is 16.5. The molecule has 1 rings (SSSR count). The lowest BCUT2D eigenvalue weighted by atomic mass is 10.2. The summed E-state index contributed by atoms with van der Waals surface area (Å²) < 4.78 is 5.04. The smallest absolute Gasteiger partial charge is 0.186 e. The van der Waals surface area contributed by atoms with Crippen molar-refractivity contribution in [2.75, 3.05) is 14.2 Å². The van der Waals surface area contributed by atoms with Crippen molar-refractivity contribution in [3.63, 3.8) is 0 Å². The molecule has 0 aliphatic rings. The molecular weight excluding hydrogens is 226 g/mol. The van der Waals surface area contributed by atoms with Gasteiger partial charge in [0.2, 0.25) is 0 Å². The van der Waals surface area contributed by atoms with Gasteiger partial charge in [-0.25, -0.2) is 0 Å². The van der Waals surface area contributed by atoms with Crippen LogP contribution in [0.5, 0.6) is 11.5 Å². The number of hydrazone groups is 1. The number of methoxy groups -OCH3 is 1. The van der Waals surface area contributed by atoms with Crippen LogP contribution in [0.15, 0.2) is 23.3 Å². The lowest BCUT2D eigenvalue weighted by Gasteiger charge is -2.06. The highest BCUT2D eigenvalue weighted by atomic mass is 32.1. The minimum atomic E-state index is 0.0719. The topological polar surface area (TPSA) is 65.9 Å². The van der Waals surface area contributed by atoms with Gasteiger partial charge in [-0.3, -0.25) is 5.43 Å². The highest BCUT2D eigenvalue weighted by molar-refractivity contribution is 7.80. The van der Waals surface area contributed by atoms with E-state index >= 15 is 0 Å². The molecule has 0 aromatic heterocycles. The summed E-state index contributed by atoms with van der Waals surface area (Å²) in [6.07, 6.45) is 1.52. The Morgan fingerprint density at radius 3 is 2.94 bits per heavy atom. The minimum absolute atomic E-state index is 0.0719. The van der Waals surface area contributed by atoms with Crippen LogP contribution in [0.3, 0.4) is 0 Å². The van der Waals surface area contributed by atoms with Gasteiger partial charge in [0, 0.05) is 12.6 Å². The van der Waals surface area contributed by atoms with Gasteiger partial charge in [0.25, 0.3) is 0 Å². The van der Waals surface area contributed by atoms with E-state index in [0.717, 1.165) is 0 Å². The van der Waals surface area contributed by atoms with Crippen LogP contribution in [0.4, 0.5) is 0 Å².